The van der Waals surface area contributed by atoms with Gasteiger partial charge in [-0.05, 0) is 99.2 Å². The third-order valence-corrected chi connectivity index (χ3v) is 11.6. The summed E-state index contributed by atoms with van der Waals surface area (Å²) >= 11 is 0. The second-order valence-electron chi connectivity index (χ2n) is 14.9. The van der Waals surface area contributed by atoms with Crippen LogP contribution in [0.5, 0.6) is 0 Å². The van der Waals surface area contributed by atoms with Crippen LogP contribution in [0.15, 0.2) is 41.2 Å². The van der Waals surface area contributed by atoms with E-state index in [1.54, 1.807) is 12.1 Å². The van der Waals surface area contributed by atoms with Crippen LogP contribution in [0, 0.1) is 10.8 Å². The molecule has 3 aromatic rings. The van der Waals surface area contributed by atoms with Crippen molar-refractivity contribution in [2.45, 2.75) is 107 Å². The van der Waals surface area contributed by atoms with Crippen LogP contribution < -0.4 is 4.90 Å². The fraction of sp³-hybridized carbons (Fsp3) is 0.606. The predicted octanol–water partition coefficient (Wildman–Crippen LogP) is 7.50. The summed E-state index contributed by atoms with van der Waals surface area (Å²) in [5.41, 5.74) is 0.281. The van der Waals surface area contributed by atoms with Crippen molar-refractivity contribution in [3.8, 4) is 11.1 Å². The molecule has 4 bridgehead atoms. The first kappa shape index (κ1) is 28.1. The van der Waals surface area contributed by atoms with E-state index < -0.39 is 17.7 Å². The lowest BCUT2D eigenvalue weighted by molar-refractivity contribution is -0.215. The van der Waals surface area contributed by atoms with Crippen LogP contribution in [0.3, 0.4) is 0 Å². The number of carbonyl (C=O) groups is 1. The lowest BCUT2D eigenvalue weighted by Gasteiger charge is -2.66. The maximum atomic E-state index is 14.3. The molecule has 0 spiro atoms. The summed E-state index contributed by atoms with van der Waals surface area (Å²) in [7, 11) is 0. The van der Waals surface area contributed by atoms with Gasteiger partial charge < -0.3 is 9.42 Å². The molecule has 7 aliphatic rings. The van der Waals surface area contributed by atoms with Gasteiger partial charge in [-0.15, -0.1) is 0 Å². The number of anilines is 1. The summed E-state index contributed by atoms with van der Waals surface area (Å²) < 4.78 is 59.2. The molecule has 7 aliphatic carbocycles. The van der Waals surface area contributed by atoms with Gasteiger partial charge in [0, 0.05) is 47.4 Å². The Hall–Kier alpha value is -3.37. The smallest absolute Gasteiger partial charge is 0.339 e. The van der Waals surface area contributed by atoms with Crippen LogP contribution in [0.2, 0.25) is 0 Å². The number of nitrogens with zero attached hydrogens (tertiary/aromatic N) is 5. The van der Waals surface area contributed by atoms with Crippen molar-refractivity contribution < 1.29 is 26.9 Å². The molecule has 0 atom stereocenters. The van der Waals surface area contributed by atoms with Crippen molar-refractivity contribution in [1.29, 1.82) is 0 Å². The van der Waals surface area contributed by atoms with Gasteiger partial charge in [-0.2, -0.15) is 18.2 Å². The third-order valence-electron chi connectivity index (χ3n) is 11.6. The van der Waals surface area contributed by atoms with E-state index in [1.165, 1.54) is 0 Å². The minimum absolute atomic E-state index is 0.0233. The van der Waals surface area contributed by atoms with Gasteiger partial charge in [-0.3, -0.25) is 4.79 Å². The standard InChI is InChI=1S/C33H35F4N5O2/c1-28(5-6-28)27-40-25(41-44-27)31-10-7-29(8-11-31,9-12-31)20-42(24(43)14-30-17-32(34,18-30)19-30)23-4-2-3-21(13-23)22-15-38-26(39-16-22)33(35,36)37/h2-4,13,15-16H,5-12,14,17-20H2,1H3. The Morgan fingerprint density at radius 3 is 2.18 bits per heavy atom. The Morgan fingerprint density at radius 2 is 1.59 bits per heavy atom. The first-order valence-electron chi connectivity index (χ1n) is 15.7. The van der Waals surface area contributed by atoms with E-state index in [9.17, 15) is 22.4 Å². The topological polar surface area (TPSA) is 85.0 Å². The molecule has 0 N–H and O–H groups in total. The van der Waals surface area contributed by atoms with Crippen LogP contribution in [0.1, 0.15) is 102 Å². The van der Waals surface area contributed by atoms with Crippen molar-refractivity contribution in [2.75, 3.05) is 11.4 Å². The van der Waals surface area contributed by atoms with Gasteiger partial charge >= 0.3 is 6.18 Å². The Morgan fingerprint density at radius 1 is 0.932 bits per heavy atom. The van der Waals surface area contributed by atoms with Gasteiger partial charge in [0.25, 0.3) is 0 Å². The van der Waals surface area contributed by atoms with E-state index in [2.05, 4.69) is 22.0 Å². The van der Waals surface area contributed by atoms with Crippen LogP contribution in [-0.2, 0) is 21.8 Å². The SMILES string of the molecule is CC1(c2nc(C34CCC(CN(C(=O)CC56CC(F)(C5)C6)c5cccc(-c6cnc(C(F)(F)F)nc6)c5)(CC3)CC4)no2)CC1. The highest BCUT2D eigenvalue weighted by Gasteiger charge is 2.69. The van der Waals surface area contributed by atoms with Gasteiger partial charge in [0.15, 0.2) is 5.82 Å². The zero-order valence-electron chi connectivity index (χ0n) is 24.7. The Labute approximate surface area is 252 Å². The van der Waals surface area contributed by atoms with E-state index >= 15 is 0 Å². The molecule has 0 unspecified atom stereocenters. The van der Waals surface area contributed by atoms with Gasteiger partial charge in [0.2, 0.25) is 17.6 Å². The Balaban J connectivity index is 1.05. The van der Waals surface area contributed by atoms with Crippen molar-refractivity contribution in [2.24, 2.45) is 10.8 Å². The molecular formula is C33H35F4N5O2. The summed E-state index contributed by atoms with van der Waals surface area (Å²) in [6.07, 6.45) is 7.10. The minimum Gasteiger partial charge on any atom is -0.339 e. The van der Waals surface area contributed by atoms with Gasteiger partial charge in [-0.25, -0.2) is 14.4 Å². The molecule has 0 aliphatic heterocycles. The molecule has 0 saturated heterocycles. The number of hydrogen-bond acceptors (Lipinski definition) is 6. The molecule has 0 radical (unpaired) electrons. The van der Waals surface area contributed by atoms with Crippen LogP contribution in [0.25, 0.3) is 11.1 Å². The number of rotatable bonds is 8. The van der Waals surface area contributed by atoms with Crippen molar-refractivity contribution in [1.82, 2.24) is 20.1 Å². The van der Waals surface area contributed by atoms with Crippen molar-refractivity contribution in [3.05, 3.63) is 54.2 Å². The van der Waals surface area contributed by atoms with E-state index in [0.29, 0.717) is 49.0 Å². The molecule has 2 heterocycles. The molecular weight excluding hydrogens is 574 g/mol. The number of hydrogen-bond donors (Lipinski definition) is 0. The highest BCUT2D eigenvalue weighted by Crippen LogP contribution is 2.71. The van der Waals surface area contributed by atoms with Crippen molar-refractivity contribution in [3.63, 3.8) is 0 Å². The quantitative estimate of drug-likeness (QED) is 0.246. The fourth-order valence-electron chi connectivity index (χ4n) is 8.52. The highest BCUT2D eigenvalue weighted by atomic mass is 19.4. The maximum absolute atomic E-state index is 14.3. The minimum atomic E-state index is -4.62. The average molecular weight is 610 g/mol. The van der Waals surface area contributed by atoms with Gasteiger partial charge in [-0.1, -0.05) is 24.2 Å². The number of alkyl halides is 4. The molecule has 1 amide bonds. The second kappa shape index (κ2) is 9.10. The first-order chi connectivity index (χ1) is 20.8. The van der Waals surface area contributed by atoms with E-state index in [4.69, 9.17) is 9.51 Å². The lowest BCUT2D eigenvalue weighted by Crippen LogP contribution is -2.65. The summed E-state index contributed by atoms with van der Waals surface area (Å²) in [6.45, 7) is 2.71. The largest absolute Gasteiger partial charge is 0.451 e. The molecule has 2 aromatic heterocycles. The maximum Gasteiger partial charge on any atom is 0.451 e. The molecule has 7 fully saturated rings. The van der Waals surface area contributed by atoms with E-state index in [1.807, 2.05) is 17.0 Å². The molecule has 1 aromatic carbocycles. The van der Waals surface area contributed by atoms with Crippen molar-refractivity contribution >= 4 is 11.6 Å². The fourth-order valence-corrected chi connectivity index (χ4v) is 8.52. The molecule has 44 heavy (non-hydrogen) atoms. The molecule has 7 nitrogen and oxygen atoms in total. The normalized spacial score (nSPS) is 32.9. The highest BCUT2D eigenvalue weighted by molar-refractivity contribution is 5.95. The molecule has 10 rings (SSSR count). The van der Waals surface area contributed by atoms with Gasteiger partial charge in [0.1, 0.15) is 5.67 Å². The van der Waals surface area contributed by atoms with Crippen LogP contribution in [0.4, 0.5) is 23.2 Å². The van der Waals surface area contributed by atoms with E-state index in [-0.39, 0.29) is 27.6 Å². The molecule has 11 heteroatoms. The summed E-state index contributed by atoms with van der Waals surface area (Å²) in [6, 6.07) is 7.28. The zero-order chi connectivity index (χ0) is 30.6. The number of fused-ring (bicyclic) bond motifs is 3. The first-order valence-corrected chi connectivity index (χ1v) is 15.7. The molecule has 7 saturated carbocycles. The summed E-state index contributed by atoms with van der Waals surface area (Å²) in [4.78, 5) is 27.8. The summed E-state index contributed by atoms with van der Waals surface area (Å²) in [5.74, 6) is 0.368. The number of carbonyl (C=O) groups excluding carboxylic acids is 1. The lowest BCUT2D eigenvalue weighted by atomic mass is 9.41. The number of aromatic nitrogens is 4. The second-order valence-corrected chi connectivity index (χ2v) is 14.9. The Bertz CT molecular complexity index is 1580. The zero-order valence-corrected chi connectivity index (χ0v) is 24.7. The van der Waals surface area contributed by atoms with E-state index in [0.717, 1.165) is 75.5 Å². The monoisotopic (exact) mass is 609 g/mol. The van der Waals surface area contributed by atoms with Crippen LogP contribution >= 0.6 is 0 Å². The van der Waals surface area contributed by atoms with Crippen LogP contribution in [-0.4, -0.2) is 38.2 Å². The number of amides is 1. The predicted molar refractivity (Wildman–Crippen MR) is 152 cm³/mol. The molecule has 232 valence electrons. The Kier molecular flexibility index (Phi) is 5.82. The average Bonchev–Trinajstić information content (AvgIpc) is 3.52. The third kappa shape index (κ3) is 4.55. The number of benzene rings is 1. The summed E-state index contributed by atoms with van der Waals surface area (Å²) in [5, 5.41) is 4.44. The number of halogens is 4. The van der Waals surface area contributed by atoms with Gasteiger partial charge in [0.05, 0.1) is 0 Å².